The van der Waals surface area contributed by atoms with Gasteiger partial charge < -0.3 is 24.4 Å². The molecule has 0 unspecified atom stereocenters. The Kier molecular flexibility index (Phi) is 17.1. The molecule has 10 nitrogen and oxygen atoms in total. The topological polar surface area (TPSA) is 123 Å². The van der Waals surface area contributed by atoms with Crippen LogP contribution in [0.3, 0.4) is 0 Å². The number of benzene rings is 2. The molecule has 0 aliphatic carbocycles. The summed E-state index contributed by atoms with van der Waals surface area (Å²) in [5.74, 6) is -0.128. The number of methoxy groups -OCH3 is 1. The van der Waals surface area contributed by atoms with E-state index in [1.54, 1.807) is 12.1 Å². The van der Waals surface area contributed by atoms with Gasteiger partial charge in [0, 0.05) is 82.9 Å². The molecule has 236 valence electrons. The summed E-state index contributed by atoms with van der Waals surface area (Å²) in [7, 11) is 1.64. The molecule has 2 rings (SSSR count). The number of carbonyl (C=O) groups excluding carboxylic acids is 2. The summed E-state index contributed by atoms with van der Waals surface area (Å²) in [5.41, 5.74) is 0.973. The van der Waals surface area contributed by atoms with Gasteiger partial charge in [0.1, 0.15) is 0 Å². The fraction of sp³-hybridized carbons (Fsp3) is 0.613. The predicted molar refractivity (Wildman–Crippen MR) is 166 cm³/mol. The second kappa shape index (κ2) is 20.2. The van der Waals surface area contributed by atoms with Crippen LogP contribution >= 0.6 is 0 Å². The van der Waals surface area contributed by atoms with Gasteiger partial charge in [-0.05, 0) is 50.7 Å². The molecule has 0 aliphatic rings. The number of carbonyl (C=O) groups is 2. The second-order valence-corrected chi connectivity index (χ2v) is 12.1. The first-order valence-electron chi connectivity index (χ1n) is 14.9. The van der Waals surface area contributed by atoms with Crippen LogP contribution in [0.1, 0.15) is 64.2 Å². The molecule has 0 aliphatic heterocycles. The molecule has 0 bridgehead atoms. The van der Waals surface area contributed by atoms with Gasteiger partial charge in [0.05, 0.1) is 12.0 Å². The van der Waals surface area contributed by atoms with E-state index in [2.05, 4.69) is 14.8 Å². The van der Waals surface area contributed by atoms with Crippen molar-refractivity contribution in [3.8, 4) is 0 Å². The Labute approximate surface area is 251 Å². The number of esters is 1. The van der Waals surface area contributed by atoms with Crippen LogP contribution in [0.2, 0.25) is 0 Å². The van der Waals surface area contributed by atoms with Gasteiger partial charge in [-0.2, -0.15) is 0 Å². The molecule has 42 heavy (non-hydrogen) atoms. The molecule has 0 saturated carbocycles. The summed E-state index contributed by atoms with van der Waals surface area (Å²) in [5, 5.41) is 4.52. The lowest BCUT2D eigenvalue weighted by Gasteiger charge is -2.17. The van der Waals surface area contributed by atoms with E-state index >= 15 is 0 Å². The van der Waals surface area contributed by atoms with E-state index in [0.717, 1.165) is 56.0 Å². The Hall–Kier alpha value is -2.73. The van der Waals surface area contributed by atoms with Crippen molar-refractivity contribution in [1.82, 2.24) is 10.0 Å². The first kappa shape index (κ1) is 35.5. The van der Waals surface area contributed by atoms with Gasteiger partial charge >= 0.3 is 5.97 Å². The van der Waals surface area contributed by atoms with Crippen molar-refractivity contribution in [2.24, 2.45) is 0 Å². The largest absolute Gasteiger partial charge is 0.469 e. The number of fused-ring (bicyclic) bond motifs is 1. The fourth-order valence-electron chi connectivity index (χ4n) is 4.46. The van der Waals surface area contributed by atoms with Crippen molar-refractivity contribution in [1.29, 1.82) is 0 Å². The average Bonchev–Trinajstić information content (AvgIpc) is 2.98. The molecule has 2 N–H and O–H groups in total. The van der Waals surface area contributed by atoms with Crippen molar-refractivity contribution in [2.75, 3.05) is 65.6 Å². The van der Waals surface area contributed by atoms with E-state index in [1.807, 2.05) is 43.3 Å². The summed E-state index contributed by atoms with van der Waals surface area (Å²) in [6, 6.07) is 11.0. The highest BCUT2D eigenvalue weighted by molar-refractivity contribution is 7.89. The molecular weight excluding hydrogens is 558 g/mol. The highest BCUT2D eigenvalue weighted by atomic mass is 32.2. The molecule has 0 fully saturated rings. The number of anilines is 1. The van der Waals surface area contributed by atoms with Gasteiger partial charge in [-0.1, -0.05) is 37.1 Å². The molecule has 0 aromatic heterocycles. The average molecular weight is 608 g/mol. The number of hydrogen-bond acceptors (Lipinski definition) is 8. The molecule has 11 heteroatoms. The zero-order chi connectivity index (χ0) is 30.6. The Balaban J connectivity index is 1.44. The highest BCUT2D eigenvalue weighted by Gasteiger charge is 2.18. The quantitative estimate of drug-likeness (QED) is 0.141. The third kappa shape index (κ3) is 13.5. The zero-order valence-electron chi connectivity index (χ0n) is 25.5. The Morgan fingerprint density at radius 2 is 1.33 bits per heavy atom. The van der Waals surface area contributed by atoms with E-state index in [9.17, 15) is 18.0 Å². The number of ether oxygens (including phenoxy) is 3. The van der Waals surface area contributed by atoms with E-state index in [0.29, 0.717) is 64.2 Å². The highest BCUT2D eigenvalue weighted by Crippen LogP contribution is 2.30. The summed E-state index contributed by atoms with van der Waals surface area (Å²) < 4.78 is 44.5. The standard InChI is InChI=1S/C31H49N3O7S/c1-34(2)28-16-10-15-27-26(28)14-11-17-29(27)42(37,38)33-21-13-25-41-23-9-8-22-40-24-12-20-32-30(35)18-6-4-5-7-19-31(36)39-3/h10-11,14-17,33H,4-9,12-13,18-25H2,1-3H3,(H,32,35). The van der Waals surface area contributed by atoms with Gasteiger partial charge in [-0.15, -0.1) is 0 Å². The minimum atomic E-state index is -3.64. The molecule has 0 spiro atoms. The molecule has 0 radical (unpaired) electrons. The summed E-state index contributed by atoms with van der Waals surface area (Å²) >= 11 is 0. The lowest BCUT2D eigenvalue weighted by atomic mass is 10.1. The Bertz CT molecular complexity index is 1190. The van der Waals surface area contributed by atoms with E-state index < -0.39 is 10.0 Å². The van der Waals surface area contributed by atoms with Crippen LogP contribution in [-0.4, -0.2) is 81.0 Å². The van der Waals surface area contributed by atoms with Gasteiger partial charge in [0.2, 0.25) is 15.9 Å². The van der Waals surface area contributed by atoms with E-state index in [-0.39, 0.29) is 16.8 Å². The maximum Gasteiger partial charge on any atom is 0.305 e. The molecule has 0 heterocycles. The normalized spacial score (nSPS) is 11.5. The summed E-state index contributed by atoms with van der Waals surface area (Å²) in [4.78, 5) is 25.1. The van der Waals surface area contributed by atoms with E-state index in [4.69, 9.17) is 9.47 Å². The van der Waals surface area contributed by atoms with Crippen molar-refractivity contribution in [2.45, 2.75) is 69.1 Å². The van der Waals surface area contributed by atoms with Crippen LogP contribution in [0.4, 0.5) is 5.69 Å². The lowest BCUT2D eigenvalue weighted by molar-refractivity contribution is -0.140. The van der Waals surface area contributed by atoms with Crippen LogP contribution in [0.5, 0.6) is 0 Å². The van der Waals surface area contributed by atoms with Gasteiger partial charge in [-0.25, -0.2) is 13.1 Å². The Morgan fingerprint density at radius 3 is 2.00 bits per heavy atom. The van der Waals surface area contributed by atoms with Gasteiger partial charge in [0.25, 0.3) is 0 Å². The predicted octanol–water partition coefficient (Wildman–Crippen LogP) is 4.41. The third-order valence-electron chi connectivity index (χ3n) is 6.77. The molecule has 1 amide bonds. The number of sulfonamides is 1. The monoisotopic (exact) mass is 607 g/mol. The number of hydrogen-bond donors (Lipinski definition) is 2. The maximum atomic E-state index is 12.9. The second-order valence-electron chi connectivity index (χ2n) is 10.4. The third-order valence-corrected chi connectivity index (χ3v) is 8.28. The van der Waals surface area contributed by atoms with Crippen LogP contribution in [-0.2, 0) is 33.8 Å². The number of unbranched alkanes of at least 4 members (excludes halogenated alkanes) is 4. The molecule has 2 aromatic carbocycles. The van der Waals surface area contributed by atoms with Gasteiger partial charge in [0.15, 0.2) is 0 Å². The zero-order valence-corrected chi connectivity index (χ0v) is 26.3. The Morgan fingerprint density at radius 1 is 0.738 bits per heavy atom. The summed E-state index contributed by atoms with van der Waals surface area (Å²) in [6.07, 6.45) is 7.53. The number of nitrogens with zero attached hydrogens (tertiary/aromatic N) is 1. The smallest absolute Gasteiger partial charge is 0.305 e. The van der Waals surface area contributed by atoms with Crippen LogP contribution in [0.15, 0.2) is 41.3 Å². The van der Waals surface area contributed by atoms with Crippen LogP contribution < -0.4 is 14.9 Å². The van der Waals surface area contributed by atoms with Crippen LogP contribution in [0.25, 0.3) is 10.8 Å². The summed E-state index contributed by atoms with van der Waals surface area (Å²) in [6.45, 7) is 3.24. The maximum absolute atomic E-state index is 12.9. The first-order chi connectivity index (χ1) is 20.3. The fourth-order valence-corrected chi connectivity index (χ4v) is 5.75. The number of nitrogens with one attached hydrogen (secondary N) is 2. The SMILES string of the molecule is COC(=O)CCCCCCC(=O)NCCCOCCCCOCCCNS(=O)(=O)c1cccc2c(N(C)C)cccc12. The van der Waals surface area contributed by atoms with Gasteiger partial charge in [-0.3, -0.25) is 9.59 Å². The minimum Gasteiger partial charge on any atom is -0.469 e. The molecule has 2 aromatic rings. The van der Waals surface area contributed by atoms with Crippen molar-refractivity contribution in [3.05, 3.63) is 36.4 Å². The van der Waals surface area contributed by atoms with Crippen molar-refractivity contribution in [3.63, 3.8) is 0 Å². The van der Waals surface area contributed by atoms with Crippen LogP contribution in [0, 0.1) is 0 Å². The molecule has 0 saturated heterocycles. The first-order valence-corrected chi connectivity index (χ1v) is 16.4. The van der Waals surface area contributed by atoms with E-state index in [1.165, 1.54) is 7.11 Å². The lowest BCUT2D eigenvalue weighted by Crippen LogP contribution is -2.26. The van der Waals surface area contributed by atoms with Crippen molar-refractivity contribution < 1.29 is 32.2 Å². The number of rotatable bonds is 23. The van der Waals surface area contributed by atoms with Crippen molar-refractivity contribution >= 4 is 38.4 Å². The minimum absolute atomic E-state index is 0.0556. The molecular formula is C31H49N3O7S. The number of amides is 1. The molecule has 0 atom stereocenters.